The standard InChI is InChI=1S/C11H11F2N/c1-8-7-10(11(12)13)5-4-9(8)3-2-6-14/h4-5,7,11H,2-3H2,1H3. The van der Waals surface area contributed by atoms with E-state index in [2.05, 4.69) is 0 Å². The first kappa shape index (κ1) is 10.6. The molecule has 0 radical (unpaired) electrons. The Labute approximate surface area is 82.0 Å². The van der Waals surface area contributed by atoms with E-state index >= 15 is 0 Å². The molecule has 74 valence electrons. The fourth-order valence-electron chi connectivity index (χ4n) is 1.33. The molecule has 1 rings (SSSR count). The molecule has 0 bridgehead atoms. The Bertz CT molecular complexity index is 353. The third kappa shape index (κ3) is 2.53. The summed E-state index contributed by atoms with van der Waals surface area (Å²) in [4.78, 5) is 0. The van der Waals surface area contributed by atoms with Gasteiger partial charge < -0.3 is 0 Å². The Morgan fingerprint density at radius 1 is 1.43 bits per heavy atom. The summed E-state index contributed by atoms with van der Waals surface area (Å²) in [6.07, 6.45) is -1.36. The van der Waals surface area contributed by atoms with Gasteiger partial charge in [0, 0.05) is 12.0 Å². The number of nitrogens with zero attached hydrogens (tertiary/aromatic N) is 1. The van der Waals surface area contributed by atoms with Crippen molar-refractivity contribution in [2.75, 3.05) is 0 Å². The predicted octanol–water partition coefficient (Wildman–Crippen LogP) is 3.39. The van der Waals surface area contributed by atoms with Gasteiger partial charge in [-0.1, -0.05) is 18.2 Å². The molecule has 0 fully saturated rings. The van der Waals surface area contributed by atoms with Crippen molar-refractivity contribution in [1.82, 2.24) is 0 Å². The van der Waals surface area contributed by atoms with Crippen molar-refractivity contribution >= 4 is 0 Å². The van der Waals surface area contributed by atoms with Gasteiger partial charge in [-0.3, -0.25) is 0 Å². The highest BCUT2D eigenvalue weighted by molar-refractivity contribution is 5.32. The van der Waals surface area contributed by atoms with Gasteiger partial charge in [0.25, 0.3) is 6.43 Å². The molecule has 0 saturated heterocycles. The molecular formula is C11H11F2N. The largest absolute Gasteiger partial charge is 0.263 e. The minimum atomic E-state index is -2.42. The molecule has 0 amide bonds. The molecule has 1 aromatic rings. The molecule has 0 atom stereocenters. The number of alkyl halides is 2. The molecule has 1 aromatic carbocycles. The van der Waals surface area contributed by atoms with E-state index in [1.807, 2.05) is 6.07 Å². The molecule has 0 saturated carbocycles. The first-order valence-corrected chi connectivity index (χ1v) is 4.39. The summed E-state index contributed by atoms with van der Waals surface area (Å²) in [6, 6.07) is 6.61. The molecule has 14 heavy (non-hydrogen) atoms. The Kier molecular flexibility index (Phi) is 3.58. The lowest BCUT2D eigenvalue weighted by molar-refractivity contribution is 0.151. The van der Waals surface area contributed by atoms with E-state index in [0.29, 0.717) is 12.8 Å². The molecular weight excluding hydrogens is 184 g/mol. The van der Waals surface area contributed by atoms with Crippen LogP contribution < -0.4 is 0 Å². The lowest BCUT2D eigenvalue weighted by Gasteiger charge is -2.06. The van der Waals surface area contributed by atoms with E-state index in [1.54, 1.807) is 13.0 Å². The molecule has 0 aliphatic carbocycles. The SMILES string of the molecule is Cc1cc(C(F)F)ccc1CCC#N. The Morgan fingerprint density at radius 2 is 2.14 bits per heavy atom. The van der Waals surface area contributed by atoms with Crippen LogP contribution in [0.4, 0.5) is 8.78 Å². The van der Waals surface area contributed by atoms with E-state index in [-0.39, 0.29) is 5.56 Å². The summed E-state index contributed by atoms with van der Waals surface area (Å²) >= 11 is 0. The van der Waals surface area contributed by atoms with Crippen molar-refractivity contribution in [3.63, 3.8) is 0 Å². The van der Waals surface area contributed by atoms with Crippen LogP contribution in [0.1, 0.15) is 29.5 Å². The van der Waals surface area contributed by atoms with Gasteiger partial charge in [0.05, 0.1) is 6.07 Å². The molecule has 3 heteroatoms. The Morgan fingerprint density at radius 3 is 2.64 bits per heavy atom. The number of nitriles is 1. The number of aryl methyl sites for hydroxylation is 2. The average Bonchev–Trinajstić information content (AvgIpc) is 2.15. The number of hydrogen-bond donors (Lipinski definition) is 0. The van der Waals surface area contributed by atoms with Crippen LogP contribution in [0.5, 0.6) is 0 Å². The fourth-order valence-corrected chi connectivity index (χ4v) is 1.33. The normalized spacial score (nSPS) is 10.2. The third-order valence-electron chi connectivity index (χ3n) is 2.12. The lowest BCUT2D eigenvalue weighted by Crippen LogP contribution is -1.92. The van der Waals surface area contributed by atoms with Crippen LogP contribution in [0.2, 0.25) is 0 Å². The molecule has 0 N–H and O–H groups in total. The van der Waals surface area contributed by atoms with Crippen LogP contribution >= 0.6 is 0 Å². The Hall–Kier alpha value is -1.43. The van der Waals surface area contributed by atoms with Crippen LogP contribution in [-0.2, 0) is 6.42 Å². The monoisotopic (exact) mass is 195 g/mol. The van der Waals surface area contributed by atoms with Crippen molar-refractivity contribution in [3.05, 3.63) is 34.9 Å². The number of benzene rings is 1. The van der Waals surface area contributed by atoms with Crippen molar-refractivity contribution in [3.8, 4) is 6.07 Å². The maximum absolute atomic E-state index is 12.3. The maximum Gasteiger partial charge on any atom is 0.263 e. The van der Waals surface area contributed by atoms with Gasteiger partial charge in [-0.05, 0) is 24.5 Å². The highest BCUT2D eigenvalue weighted by Gasteiger charge is 2.08. The second-order valence-corrected chi connectivity index (χ2v) is 3.14. The summed E-state index contributed by atoms with van der Waals surface area (Å²) in [7, 11) is 0. The van der Waals surface area contributed by atoms with Crippen LogP contribution in [0.25, 0.3) is 0 Å². The van der Waals surface area contributed by atoms with E-state index in [4.69, 9.17) is 5.26 Å². The van der Waals surface area contributed by atoms with Crippen molar-refractivity contribution in [2.45, 2.75) is 26.2 Å². The maximum atomic E-state index is 12.3. The van der Waals surface area contributed by atoms with Gasteiger partial charge in [-0.25, -0.2) is 8.78 Å². The highest BCUT2D eigenvalue weighted by atomic mass is 19.3. The lowest BCUT2D eigenvalue weighted by atomic mass is 10.0. The van der Waals surface area contributed by atoms with E-state index in [0.717, 1.165) is 11.1 Å². The number of halogens is 2. The van der Waals surface area contributed by atoms with E-state index < -0.39 is 6.43 Å². The van der Waals surface area contributed by atoms with Gasteiger partial charge in [-0.2, -0.15) is 5.26 Å². The quantitative estimate of drug-likeness (QED) is 0.725. The van der Waals surface area contributed by atoms with E-state index in [1.165, 1.54) is 12.1 Å². The van der Waals surface area contributed by atoms with Crippen LogP contribution in [-0.4, -0.2) is 0 Å². The van der Waals surface area contributed by atoms with Crippen LogP contribution in [0.3, 0.4) is 0 Å². The number of hydrogen-bond acceptors (Lipinski definition) is 1. The number of rotatable bonds is 3. The van der Waals surface area contributed by atoms with Crippen LogP contribution in [0, 0.1) is 18.3 Å². The molecule has 0 unspecified atom stereocenters. The topological polar surface area (TPSA) is 23.8 Å². The van der Waals surface area contributed by atoms with Gasteiger partial charge in [0.2, 0.25) is 0 Å². The summed E-state index contributed by atoms with van der Waals surface area (Å²) in [5.74, 6) is 0. The third-order valence-corrected chi connectivity index (χ3v) is 2.12. The highest BCUT2D eigenvalue weighted by Crippen LogP contribution is 2.21. The fraction of sp³-hybridized carbons (Fsp3) is 0.364. The van der Waals surface area contributed by atoms with Gasteiger partial charge in [-0.15, -0.1) is 0 Å². The van der Waals surface area contributed by atoms with Crippen LogP contribution in [0.15, 0.2) is 18.2 Å². The zero-order chi connectivity index (χ0) is 10.6. The average molecular weight is 195 g/mol. The minimum Gasteiger partial charge on any atom is -0.205 e. The molecule has 0 spiro atoms. The van der Waals surface area contributed by atoms with Gasteiger partial charge in [0.1, 0.15) is 0 Å². The minimum absolute atomic E-state index is 0.0446. The summed E-state index contributed by atoms with van der Waals surface area (Å²) in [5.41, 5.74) is 1.84. The predicted molar refractivity (Wildman–Crippen MR) is 50.1 cm³/mol. The second kappa shape index (κ2) is 4.71. The van der Waals surface area contributed by atoms with Crippen molar-refractivity contribution in [1.29, 1.82) is 5.26 Å². The first-order chi connectivity index (χ1) is 6.65. The molecule has 0 aromatic heterocycles. The zero-order valence-corrected chi connectivity index (χ0v) is 7.93. The smallest absolute Gasteiger partial charge is 0.205 e. The van der Waals surface area contributed by atoms with E-state index in [9.17, 15) is 8.78 Å². The summed E-state index contributed by atoms with van der Waals surface area (Å²) < 4.78 is 24.6. The molecule has 0 aliphatic rings. The van der Waals surface area contributed by atoms with Gasteiger partial charge in [0.15, 0.2) is 0 Å². The molecule has 1 nitrogen and oxygen atoms in total. The van der Waals surface area contributed by atoms with Crippen molar-refractivity contribution in [2.24, 2.45) is 0 Å². The Balaban J connectivity index is 2.85. The first-order valence-electron chi connectivity index (χ1n) is 4.39. The zero-order valence-electron chi connectivity index (χ0n) is 7.93. The van der Waals surface area contributed by atoms with Gasteiger partial charge >= 0.3 is 0 Å². The summed E-state index contributed by atoms with van der Waals surface area (Å²) in [6.45, 7) is 1.79. The second-order valence-electron chi connectivity index (χ2n) is 3.14. The molecule has 0 heterocycles. The summed E-state index contributed by atoms with van der Waals surface area (Å²) in [5, 5.41) is 8.39. The molecule has 0 aliphatic heterocycles. The van der Waals surface area contributed by atoms with Crippen molar-refractivity contribution < 1.29 is 8.78 Å².